The molecule has 0 saturated heterocycles. The smallest absolute Gasteiger partial charge is 0.119 e. The Morgan fingerprint density at radius 3 is 2.35 bits per heavy atom. The molecule has 0 aliphatic carbocycles. The molecule has 0 N–H and O–H groups in total. The van der Waals surface area contributed by atoms with Gasteiger partial charge in [-0.15, -0.1) is 0 Å². The topological polar surface area (TPSA) is 18.5 Å². The average Bonchev–Trinajstić information content (AvgIpc) is 2.61. The highest BCUT2D eigenvalue weighted by Gasteiger charge is 2.01. The number of benzene rings is 3. The van der Waals surface area contributed by atoms with E-state index in [-0.39, 0.29) is 0 Å². The molecule has 0 bridgehead atoms. The fourth-order valence-corrected chi connectivity index (χ4v) is 2.42. The first-order valence-electron chi connectivity index (χ1n) is 7.75. The van der Waals surface area contributed by atoms with Crippen LogP contribution in [0.3, 0.4) is 0 Å². The maximum absolute atomic E-state index is 5.66. The van der Waals surface area contributed by atoms with Gasteiger partial charge in [0, 0.05) is 0 Å². The zero-order valence-corrected chi connectivity index (χ0v) is 13.1. The predicted octanol–water partition coefficient (Wildman–Crippen LogP) is 4.95. The summed E-state index contributed by atoms with van der Waals surface area (Å²) in [4.78, 5) is 0. The van der Waals surface area contributed by atoms with Gasteiger partial charge >= 0.3 is 0 Å². The van der Waals surface area contributed by atoms with E-state index in [1.807, 2.05) is 42.5 Å². The lowest BCUT2D eigenvalue weighted by atomic mass is 10.0. The Balaban J connectivity index is 1.47. The van der Waals surface area contributed by atoms with E-state index in [0.717, 1.165) is 16.9 Å². The first-order chi connectivity index (χ1) is 11.3. The van der Waals surface area contributed by atoms with Crippen molar-refractivity contribution in [3.63, 3.8) is 0 Å². The Bertz CT molecular complexity index is 778. The maximum atomic E-state index is 5.66. The molecule has 0 unspecified atom stereocenters. The Hall–Kier alpha value is -2.58. The predicted molar refractivity (Wildman–Crippen MR) is 95.7 cm³/mol. The minimum Gasteiger partial charge on any atom is -0.491 e. The van der Waals surface area contributed by atoms with Gasteiger partial charge < -0.3 is 9.47 Å². The summed E-state index contributed by atoms with van der Waals surface area (Å²) in [7, 11) is 0. The molecular formula is C21H20O2. The molecule has 0 aliphatic heterocycles. The van der Waals surface area contributed by atoms with Gasteiger partial charge in [-0.05, 0) is 40.1 Å². The number of rotatable bonds is 7. The van der Waals surface area contributed by atoms with Gasteiger partial charge in [0.25, 0.3) is 0 Å². The summed E-state index contributed by atoms with van der Waals surface area (Å²) in [5.41, 5.74) is 2.10. The normalized spacial score (nSPS) is 10.6. The second-order valence-electron chi connectivity index (χ2n) is 5.38. The van der Waals surface area contributed by atoms with E-state index >= 15 is 0 Å². The molecule has 23 heavy (non-hydrogen) atoms. The molecule has 0 amide bonds. The van der Waals surface area contributed by atoms with Gasteiger partial charge in [-0.2, -0.15) is 0 Å². The van der Waals surface area contributed by atoms with Gasteiger partial charge in [0.1, 0.15) is 12.4 Å². The van der Waals surface area contributed by atoms with Crippen LogP contribution in [0.15, 0.2) is 79.4 Å². The first-order valence-corrected chi connectivity index (χ1v) is 7.75. The summed E-state index contributed by atoms with van der Waals surface area (Å²) in [5, 5.41) is 2.46. The van der Waals surface area contributed by atoms with E-state index in [9.17, 15) is 0 Å². The fraction of sp³-hybridized carbons (Fsp3) is 0.143. The highest BCUT2D eigenvalue weighted by Crippen LogP contribution is 2.20. The second kappa shape index (κ2) is 7.61. The summed E-state index contributed by atoms with van der Waals surface area (Å²) in [6, 6.07) is 24.4. The van der Waals surface area contributed by atoms with Crippen molar-refractivity contribution in [1.82, 2.24) is 0 Å². The van der Waals surface area contributed by atoms with Gasteiger partial charge in [-0.3, -0.25) is 0 Å². The molecule has 0 atom stereocenters. The Morgan fingerprint density at radius 2 is 1.52 bits per heavy atom. The van der Waals surface area contributed by atoms with Crippen molar-refractivity contribution in [2.24, 2.45) is 0 Å². The molecule has 0 radical (unpaired) electrons. The molecule has 2 nitrogen and oxygen atoms in total. The molecule has 0 aliphatic rings. The van der Waals surface area contributed by atoms with Crippen LogP contribution in [0, 0.1) is 0 Å². The lowest BCUT2D eigenvalue weighted by Gasteiger charge is -2.10. The first kappa shape index (κ1) is 15.3. The van der Waals surface area contributed by atoms with Crippen molar-refractivity contribution in [2.45, 2.75) is 0 Å². The van der Waals surface area contributed by atoms with Crippen LogP contribution in [0.25, 0.3) is 16.3 Å². The summed E-state index contributed by atoms with van der Waals surface area (Å²) < 4.78 is 11.3. The molecular weight excluding hydrogens is 284 g/mol. The molecule has 0 spiro atoms. The summed E-state index contributed by atoms with van der Waals surface area (Å²) in [6.45, 7) is 5.71. The van der Waals surface area contributed by atoms with E-state index in [4.69, 9.17) is 9.47 Å². The number of ether oxygens (including phenoxy) is 2. The number of hydrogen-bond acceptors (Lipinski definition) is 2. The number of fused-ring (bicyclic) bond motifs is 1. The van der Waals surface area contributed by atoms with Crippen molar-refractivity contribution in [2.75, 3.05) is 19.8 Å². The average molecular weight is 304 g/mol. The molecule has 2 heteroatoms. The Labute approximate surface area is 137 Å². The van der Waals surface area contributed by atoms with Crippen LogP contribution in [0.1, 0.15) is 5.56 Å². The third-order valence-electron chi connectivity index (χ3n) is 3.67. The minimum atomic E-state index is 0.510. The Morgan fingerprint density at radius 1 is 0.783 bits per heavy atom. The summed E-state index contributed by atoms with van der Waals surface area (Å²) in [5.74, 6) is 0.865. The van der Waals surface area contributed by atoms with Crippen LogP contribution >= 0.6 is 0 Å². The van der Waals surface area contributed by atoms with Crippen LogP contribution < -0.4 is 4.74 Å². The monoisotopic (exact) mass is 304 g/mol. The minimum absolute atomic E-state index is 0.510. The molecule has 3 aromatic carbocycles. The van der Waals surface area contributed by atoms with Crippen LogP contribution in [-0.4, -0.2) is 19.8 Å². The van der Waals surface area contributed by atoms with E-state index in [2.05, 4.69) is 36.9 Å². The molecule has 3 rings (SSSR count). The van der Waals surface area contributed by atoms with Crippen molar-refractivity contribution in [3.05, 3.63) is 84.9 Å². The fourth-order valence-electron chi connectivity index (χ4n) is 2.42. The van der Waals surface area contributed by atoms with Crippen LogP contribution in [0.4, 0.5) is 0 Å². The zero-order valence-electron chi connectivity index (χ0n) is 13.1. The van der Waals surface area contributed by atoms with E-state index in [1.165, 1.54) is 10.8 Å². The van der Waals surface area contributed by atoms with E-state index in [0.29, 0.717) is 19.8 Å². The molecule has 0 heterocycles. The van der Waals surface area contributed by atoms with E-state index < -0.39 is 0 Å². The summed E-state index contributed by atoms with van der Waals surface area (Å²) >= 11 is 0. The van der Waals surface area contributed by atoms with Crippen LogP contribution in [0.5, 0.6) is 5.75 Å². The molecule has 0 fully saturated rings. The standard InChI is InChI=1S/C21H20O2/c1-17(16-22-13-14-23-21-9-3-2-4-10-21)19-12-11-18-7-5-6-8-20(18)15-19/h2-12,15H,1,13-14,16H2. The van der Waals surface area contributed by atoms with Crippen molar-refractivity contribution in [1.29, 1.82) is 0 Å². The summed E-state index contributed by atoms with van der Waals surface area (Å²) in [6.07, 6.45) is 0. The molecule has 0 aromatic heterocycles. The van der Waals surface area contributed by atoms with Gasteiger partial charge in [-0.1, -0.05) is 61.2 Å². The lowest BCUT2D eigenvalue weighted by molar-refractivity contribution is 0.124. The largest absolute Gasteiger partial charge is 0.491 e. The maximum Gasteiger partial charge on any atom is 0.119 e. The third-order valence-corrected chi connectivity index (χ3v) is 3.67. The molecule has 3 aromatic rings. The highest BCUT2D eigenvalue weighted by molar-refractivity contribution is 5.86. The molecule has 0 saturated carbocycles. The van der Waals surface area contributed by atoms with Gasteiger partial charge in [0.05, 0.1) is 13.2 Å². The zero-order chi connectivity index (χ0) is 15.9. The number of hydrogen-bond donors (Lipinski definition) is 0. The van der Waals surface area contributed by atoms with Gasteiger partial charge in [-0.25, -0.2) is 0 Å². The molecule has 116 valence electrons. The quantitative estimate of drug-likeness (QED) is 0.575. The lowest BCUT2D eigenvalue weighted by Crippen LogP contribution is -2.08. The van der Waals surface area contributed by atoms with Crippen molar-refractivity contribution >= 4 is 16.3 Å². The highest BCUT2D eigenvalue weighted by atomic mass is 16.5. The van der Waals surface area contributed by atoms with Gasteiger partial charge in [0.15, 0.2) is 0 Å². The Kier molecular flexibility index (Phi) is 5.07. The van der Waals surface area contributed by atoms with Crippen molar-refractivity contribution in [3.8, 4) is 5.75 Å². The third kappa shape index (κ3) is 4.21. The second-order valence-corrected chi connectivity index (χ2v) is 5.38. The SMILES string of the molecule is C=C(COCCOc1ccccc1)c1ccc2ccccc2c1. The van der Waals surface area contributed by atoms with Gasteiger partial charge in [0.2, 0.25) is 0 Å². The number of para-hydroxylation sites is 1. The van der Waals surface area contributed by atoms with E-state index in [1.54, 1.807) is 0 Å². The van der Waals surface area contributed by atoms with Crippen LogP contribution in [0.2, 0.25) is 0 Å². The van der Waals surface area contributed by atoms with Crippen molar-refractivity contribution < 1.29 is 9.47 Å². The van der Waals surface area contributed by atoms with Crippen LogP contribution in [-0.2, 0) is 4.74 Å².